The summed E-state index contributed by atoms with van der Waals surface area (Å²) in [5, 5.41) is 0.294. The molecule has 1 aromatic carbocycles. The minimum atomic E-state index is -0.439. The zero-order valence-corrected chi connectivity index (χ0v) is 11.7. The molecule has 0 heterocycles. The third-order valence-corrected chi connectivity index (χ3v) is 3.22. The summed E-state index contributed by atoms with van der Waals surface area (Å²) in [6.07, 6.45) is 0. The summed E-state index contributed by atoms with van der Waals surface area (Å²) in [5.74, 6) is 0.0545. The Morgan fingerprint density at radius 3 is 2.59 bits per heavy atom. The second-order valence-electron chi connectivity index (χ2n) is 4.82. The van der Waals surface area contributed by atoms with Crippen LogP contribution in [0.2, 0.25) is 5.02 Å². The maximum atomic E-state index is 13.7. The van der Waals surface area contributed by atoms with Crippen LogP contribution in [0.4, 0.5) is 4.39 Å². The lowest BCUT2D eigenvalue weighted by molar-refractivity contribution is 0.572. The Morgan fingerprint density at radius 1 is 1.47 bits per heavy atom. The van der Waals surface area contributed by atoms with Gasteiger partial charge in [-0.15, -0.1) is 12.6 Å². The fourth-order valence-electron chi connectivity index (χ4n) is 1.11. The quantitative estimate of drug-likeness (QED) is 0.482. The number of hydrogen-bond donors (Lipinski definition) is 2. The Balaban J connectivity index is 2.95. The molecule has 1 rings (SSSR count). The maximum absolute atomic E-state index is 13.7. The highest BCUT2D eigenvalue weighted by molar-refractivity contribution is 7.80. The zero-order chi connectivity index (χ0) is 13.2. The van der Waals surface area contributed by atoms with Crippen molar-refractivity contribution in [2.75, 3.05) is 0 Å². The first kappa shape index (κ1) is 14.3. The van der Waals surface area contributed by atoms with Gasteiger partial charge >= 0.3 is 0 Å². The van der Waals surface area contributed by atoms with E-state index in [4.69, 9.17) is 17.3 Å². The molecule has 0 aliphatic rings. The number of halogens is 2. The Bertz CT molecular complexity index is 453. The van der Waals surface area contributed by atoms with Crippen molar-refractivity contribution in [3.8, 4) is 0 Å². The number of rotatable bonds is 2. The normalized spacial score (nSPS) is 12.9. The molecule has 0 radical (unpaired) electrons. The van der Waals surface area contributed by atoms with Crippen molar-refractivity contribution >= 4 is 30.1 Å². The molecule has 0 aliphatic carbocycles. The molecule has 0 aliphatic heterocycles. The van der Waals surface area contributed by atoms with Crippen LogP contribution in [-0.4, -0.2) is 5.84 Å². The summed E-state index contributed by atoms with van der Waals surface area (Å²) in [7, 11) is 0. The van der Waals surface area contributed by atoms with Crippen LogP contribution >= 0.6 is 24.2 Å². The smallest absolute Gasteiger partial charge is 0.143 e. The molecule has 0 bridgehead atoms. The summed E-state index contributed by atoms with van der Waals surface area (Å²) in [6, 6.07) is 3.20. The molecule has 17 heavy (non-hydrogen) atoms. The lowest BCUT2D eigenvalue weighted by Crippen LogP contribution is -2.29. The van der Waals surface area contributed by atoms with Gasteiger partial charge in [0.1, 0.15) is 5.82 Å². The van der Waals surface area contributed by atoms with Crippen LogP contribution in [-0.2, 0) is 6.54 Å². The highest BCUT2D eigenvalue weighted by atomic mass is 35.5. The van der Waals surface area contributed by atoms with Crippen molar-refractivity contribution in [3.63, 3.8) is 0 Å². The number of amidine groups is 1. The van der Waals surface area contributed by atoms with Gasteiger partial charge in [-0.1, -0.05) is 38.4 Å². The second-order valence-corrected chi connectivity index (χ2v) is 5.67. The van der Waals surface area contributed by atoms with Gasteiger partial charge in [0.05, 0.1) is 22.3 Å². The molecule has 2 N–H and O–H groups in total. The molecule has 0 amide bonds. The average Bonchev–Trinajstić information content (AvgIpc) is 2.23. The van der Waals surface area contributed by atoms with Crippen molar-refractivity contribution in [2.24, 2.45) is 16.1 Å². The molecule has 0 aromatic heterocycles. The van der Waals surface area contributed by atoms with Gasteiger partial charge in [0.15, 0.2) is 0 Å². The molecule has 5 heteroatoms. The number of hydrogen-bond acceptors (Lipinski definition) is 2. The fraction of sp³-hybridized carbons (Fsp3) is 0.417. The van der Waals surface area contributed by atoms with Crippen LogP contribution in [0, 0.1) is 11.2 Å². The van der Waals surface area contributed by atoms with Crippen molar-refractivity contribution < 1.29 is 4.39 Å². The lowest BCUT2D eigenvalue weighted by Gasteiger charge is -2.17. The van der Waals surface area contributed by atoms with Crippen LogP contribution < -0.4 is 5.73 Å². The van der Waals surface area contributed by atoms with Crippen molar-refractivity contribution in [3.05, 3.63) is 28.5 Å². The van der Waals surface area contributed by atoms with E-state index in [9.17, 15) is 4.39 Å². The maximum Gasteiger partial charge on any atom is 0.143 e. The van der Waals surface area contributed by atoms with Gasteiger partial charge in [-0.05, 0) is 6.07 Å². The van der Waals surface area contributed by atoms with E-state index in [1.54, 1.807) is 12.1 Å². The Morgan fingerprint density at radius 2 is 2.06 bits per heavy atom. The van der Waals surface area contributed by atoms with Crippen LogP contribution in [0.25, 0.3) is 0 Å². The number of thiol groups is 1. The van der Waals surface area contributed by atoms with Gasteiger partial charge in [0.2, 0.25) is 0 Å². The van der Waals surface area contributed by atoms with E-state index in [1.165, 1.54) is 0 Å². The first-order valence-electron chi connectivity index (χ1n) is 5.19. The van der Waals surface area contributed by atoms with Gasteiger partial charge in [0, 0.05) is 11.0 Å². The van der Waals surface area contributed by atoms with Crippen molar-refractivity contribution in [1.29, 1.82) is 0 Å². The molecule has 0 unspecified atom stereocenters. The van der Waals surface area contributed by atoms with Gasteiger partial charge in [-0.2, -0.15) is 0 Å². The molecule has 94 valence electrons. The minimum absolute atomic E-state index is 0.147. The van der Waals surface area contributed by atoms with E-state index < -0.39 is 5.82 Å². The van der Waals surface area contributed by atoms with Gasteiger partial charge in [-0.25, -0.2) is 4.39 Å². The van der Waals surface area contributed by atoms with Crippen LogP contribution in [0.5, 0.6) is 0 Å². The van der Waals surface area contributed by atoms with Crippen LogP contribution in [0.3, 0.4) is 0 Å². The summed E-state index contributed by atoms with van der Waals surface area (Å²) >= 11 is 9.74. The molecular formula is C12H16ClFN2S. The highest BCUT2D eigenvalue weighted by Gasteiger charge is 2.15. The van der Waals surface area contributed by atoms with E-state index in [0.717, 1.165) is 0 Å². The number of nitrogens with zero attached hydrogens (tertiary/aromatic N) is 1. The largest absolute Gasteiger partial charge is 0.387 e. The van der Waals surface area contributed by atoms with Crippen molar-refractivity contribution in [2.45, 2.75) is 32.2 Å². The average molecular weight is 275 g/mol. The van der Waals surface area contributed by atoms with Crippen LogP contribution in [0.15, 0.2) is 22.0 Å². The second kappa shape index (κ2) is 5.27. The van der Waals surface area contributed by atoms with E-state index >= 15 is 0 Å². The standard InChI is InChI=1S/C12H16ClFN2S/c1-12(2,3)11(15)16-6-7-4-5-8(13)10(17)9(7)14/h4-5,17H,6H2,1-3H3,(H2,15,16). The van der Waals surface area contributed by atoms with Crippen LogP contribution in [0.1, 0.15) is 26.3 Å². The third-order valence-electron chi connectivity index (χ3n) is 2.34. The minimum Gasteiger partial charge on any atom is -0.387 e. The SMILES string of the molecule is CC(C)(C)C(N)=NCc1ccc(Cl)c(S)c1F. The Labute approximate surface area is 111 Å². The molecule has 0 atom stereocenters. The van der Waals surface area contributed by atoms with E-state index in [-0.39, 0.29) is 16.9 Å². The first-order valence-corrected chi connectivity index (χ1v) is 6.02. The highest BCUT2D eigenvalue weighted by Crippen LogP contribution is 2.26. The van der Waals surface area contributed by atoms with Gasteiger partial charge < -0.3 is 5.73 Å². The topological polar surface area (TPSA) is 38.4 Å². The third kappa shape index (κ3) is 3.61. The molecule has 0 spiro atoms. The lowest BCUT2D eigenvalue weighted by atomic mass is 9.95. The number of nitrogens with two attached hydrogens (primary N) is 1. The number of aliphatic imine (C=N–C) groups is 1. The van der Waals surface area contributed by atoms with Gasteiger partial charge in [-0.3, -0.25) is 4.99 Å². The molecule has 0 fully saturated rings. The molecule has 0 saturated carbocycles. The molecule has 1 aromatic rings. The first-order chi connectivity index (χ1) is 7.73. The Hall–Kier alpha value is -0.740. The number of benzene rings is 1. The monoisotopic (exact) mass is 274 g/mol. The molecular weight excluding hydrogens is 259 g/mol. The van der Waals surface area contributed by atoms with E-state index in [1.807, 2.05) is 20.8 Å². The fourth-order valence-corrected chi connectivity index (χ4v) is 1.48. The zero-order valence-electron chi connectivity index (χ0n) is 10.1. The molecule has 0 saturated heterocycles. The summed E-state index contributed by atoms with van der Waals surface area (Å²) < 4.78 is 13.7. The summed E-state index contributed by atoms with van der Waals surface area (Å²) in [5.41, 5.74) is 6.02. The Kier molecular flexibility index (Phi) is 4.44. The van der Waals surface area contributed by atoms with E-state index in [2.05, 4.69) is 17.6 Å². The summed E-state index contributed by atoms with van der Waals surface area (Å²) in [6.45, 7) is 6.05. The summed E-state index contributed by atoms with van der Waals surface area (Å²) in [4.78, 5) is 4.32. The molecule has 2 nitrogen and oxygen atoms in total. The van der Waals surface area contributed by atoms with Crippen molar-refractivity contribution in [1.82, 2.24) is 0 Å². The predicted molar refractivity (Wildman–Crippen MR) is 73.4 cm³/mol. The van der Waals surface area contributed by atoms with E-state index in [0.29, 0.717) is 16.4 Å². The van der Waals surface area contributed by atoms with Gasteiger partial charge in [0.25, 0.3) is 0 Å². The predicted octanol–water partition coefficient (Wildman–Crippen LogP) is 3.67.